The van der Waals surface area contributed by atoms with E-state index in [1.165, 1.54) is 12.1 Å². The standard InChI is InChI=1S/C14H19FN2O/c1-10-8-12(9-17(10)14(18)6-7-16)11-2-4-13(15)5-3-11/h2-5,10,12H,6-9,16H2,1H3. The third-order valence-corrected chi connectivity index (χ3v) is 3.59. The average molecular weight is 250 g/mol. The number of likely N-dealkylation sites (tertiary alicyclic amines) is 1. The first-order valence-corrected chi connectivity index (χ1v) is 6.37. The van der Waals surface area contributed by atoms with Crippen LogP contribution in [0.25, 0.3) is 0 Å². The van der Waals surface area contributed by atoms with Crippen molar-refractivity contribution in [2.24, 2.45) is 5.73 Å². The lowest BCUT2D eigenvalue weighted by atomic mass is 9.97. The molecule has 1 saturated heterocycles. The van der Waals surface area contributed by atoms with Crippen LogP contribution in [0.3, 0.4) is 0 Å². The van der Waals surface area contributed by atoms with E-state index in [-0.39, 0.29) is 17.8 Å². The van der Waals surface area contributed by atoms with Gasteiger partial charge >= 0.3 is 0 Å². The van der Waals surface area contributed by atoms with Crippen LogP contribution in [0.5, 0.6) is 0 Å². The molecule has 0 saturated carbocycles. The second-order valence-corrected chi connectivity index (χ2v) is 4.92. The van der Waals surface area contributed by atoms with Crippen molar-refractivity contribution < 1.29 is 9.18 Å². The largest absolute Gasteiger partial charge is 0.339 e. The van der Waals surface area contributed by atoms with Crippen LogP contribution in [0.15, 0.2) is 24.3 Å². The number of halogens is 1. The molecule has 0 spiro atoms. The zero-order chi connectivity index (χ0) is 13.1. The predicted octanol–water partition coefficient (Wildman–Crippen LogP) is 1.88. The van der Waals surface area contributed by atoms with E-state index in [0.29, 0.717) is 25.4 Å². The van der Waals surface area contributed by atoms with Crippen LogP contribution in [0, 0.1) is 5.82 Å². The molecule has 2 rings (SSSR count). The van der Waals surface area contributed by atoms with Gasteiger partial charge in [-0.15, -0.1) is 0 Å². The fourth-order valence-electron chi connectivity index (χ4n) is 2.62. The van der Waals surface area contributed by atoms with Crippen molar-refractivity contribution in [1.82, 2.24) is 4.90 Å². The summed E-state index contributed by atoms with van der Waals surface area (Å²) in [6.07, 6.45) is 1.34. The molecule has 98 valence electrons. The Kier molecular flexibility index (Phi) is 3.97. The molecule has 4 heteroatoms. The summed E-state index contributed by atoms with van der Waals surface area (Å²) in [7, 11) is 0. The number of carbonyl (C=O) groups excluding carboxylic acids is 1. The highest BCUT2D eigenvalue weighted by Crippen LogP contribution is 2.31. The van der Waals surface area contributed by atoms with Crippen molar-refractivity contribution in [3.05, 3.63) is 35.6 Å². The maximum absolute atomic E-state index is 12.9. The number of nitrogens with two attached hydrogens (primary N) is 1. The quantitative estimate of drug-likeness (QED) is 0.890. The van der Waals surface area contributed by atoms with E-state index in [0.717, 1.165) is 12.0 Å². The lowest BCUT2D eigenvalue weighted by Crippen LogP contribution is -2.35. The van der Waals surface area contributed by atoms with Gasteiger partial charge in [0.25, 0.3) is 0 Å². The zero-order valence-corrected chi connectivity index (χ0v) is 10.6. The monoisotopic (exact) mass is 250 g/mol. The predicted molar refractivity (Wildman–Crippen MR) is 68.6 cm³/mol. The van der Waals surface area contributed by atoms with Crippen molar-refractivity contribution in [3.63, 3.8) is 0 Å². The van der Waals surface area contributed by atoms with Crippen LogP contribution >= 0.6 is 0 Å². The summed E-state index contributed by atoms with van der Waals surface area (Å²) in [4.78, 5) is 13.8. The van der Waals surface area contributed by atoms with Crippen molar-refractivity contribution in [1.29, 1.82) is 0 Å². The van der Waals surface area contributed by atoms with Crippen molar-refractivity contribution in [3.8, 4) is 0 Å². The summed E-state index contributed by atoms with van der Waals surface area (Å²) >= 11 is 0. The van der Waals surface area contributed by atoms with Gasteiger partial charge in [0.1, 0.15) is 5.82 Å². The fourth-order valence-corrected chi connectivity index (χ4v) is 2.62. The Balaban J connectivity index is 2.06. The topological polar surface area (TPSA) is 46.3 Å². The van der Waals surface area contributed by atoms with Crippen LogP contribution in [0.1, 0.15) is 31.2 Å². The molecule has 0 radical (unpaired) electrons. The summed E-state index contributed by atoms with van der Waals surface area (Å²) in [5.74, 6) is 0.206. The van der Waals surface area contributed by atoms with Crippen LogP contribution < -0.4 is 5.73 Å². The molecule has 0 bridgehead atoms. The van der Waals surface area contributed by atoms with E-state index in [2.05, 4.69) is 6.92 Å². The molecule has 18 heavy (non-hydrogen) atoms. The second kappa shape index (κ2) is 5.48. The Morgan fingerprint density at radius 1 is 1.44 bits per heavy atom. The number of amides is 1. The summed E-state index contributed by atoms with van der Waals surface area (Å²) in [6, 6.07) is 6.81. The van der Waals surface area contributed by atoms with Gasteiger partial charge in [0.2, 0.25) is 5.91 Å². The molecule has 1 aliphatic rings. The first-order chi connectivity index (χ1) is 8.61. The van der Waals surface area contributed by atoms with Crippen LogP contribution in [0.4, 0.5) is 4.39 Å². The highest BCUT2D eigenvalue weighted by Gasteiger charge is 2.32. The third-order valence-electron chi connectivity index (χ3n) is 3.59. The van der Waals surface area contributed by atoms with Crippen LogP contribution in [0.2, 0.25) is 0 Å². The highest BCUT2D eigenvalue weighted by atomic mass is 19.1. The molecule has 1 fully saturated rings. The molecular formula is C14H19FN2O. The molecule has 1 aliphatic heterocycles. The Bertz CT molecular complexity index is 418. The van der Waals surface area contributed by atoms with Crippen molar-refractivity contribution >= 4 is 5.91 Å². The first kappa shape index (κ1) is 13.0. The van der Waals surface area contributed by atoms with Crippen molar-refractivity contribution in [2.45, 2.75) is 31.7 Å². The second-order valence-electron chi connectivity index (χ2n) is 4.92. The smallest absolute Gasteiger partial charge is 0.224 e. The van der Waals surface area contributed by atoms with E-state index >= 15 is 0 Å². The first-order valence-electron chi connectivity index (χ1n) is 6.37. The molecule has 1 amide bonds. The molecule has 2 atom stereocenters. The summed E-state index contributed by atoms with van der Waals surface area (Å²) in [6.45, 7) is 3.16. The molecule has 2 N–H and O–H groups in total. The molecular weight excluding hydrogens is 231 g/mol. The zero-order valence-electron chi connectivity index (χ0n) is 10.6. The Hall–Kier alpha value is -1.42. The van der Waals surface area contributed by atoms with Crippen LogP contribution in [-0.4, -0.2) is 29.9 Å². The van der Waals surface area contributed by atoms with Gasteiger partial charge in [0.15, 0.2) is 0 Å². The molecule has 0 aliphatic carbocycles. The van der Waals surface area contributed by atoms with E-state index in [4.69, 9.17) is 5.73 Å². The van der Waals surface area contributed by atoms with Gasteiger partial charge in [-0.05, 0) is 31.0 Å². The molecule has 1 aromatic rings. The normalized spacial score (nSPS) is 23.4. The van der Waals surface area contributed by atoms with E-state index < -0.39 is 0 Å². The molecule has 1 heterocycles. The van der Waals surface area contributed by atoms with Gasteiger partial charge in [0, 0.05) is 31.5 Å². The average Bonchev–Trinajstić information content (AvgIpc) is 2.72. The van der Waals surface area contributed by atoms with E-state index in [9.17, 15) is 9.18 Å². The Labute approximate surface area is 107 Å². The number of hydrogen-bond acceptors (Lipinski definition) is 2. The molecule has 3 nitrogen and oxygen atoms in total. The molecule has 2 unspecified atom stereocenters. The highest BCUT2D eigenvalue weighted by molar-refractivity contribution is 5.77. The lowest BCUT2D eigenvalue weighted by molar-refractivity contribution is -0.131. The number of hydrogen-bond donors (Lipinski definition) is 1. The van der Waals surface area contributed by atoms with Gasteiger partial charge in [-0.3, -0.25) is 4.79 Å². The summed E-state index contributed by atoms with van der Waals surface area (Å²) < 4.78 is 12.9. The number of nitrogens with zero attached hydrogens (tertiary/aromatic N) is 1. The van der Waals surface area contributed by atoms with Gasteiger partial charge in [0.05, 0.1) is 0 Å². The van der Waals surface area contributed by atoms with Gasteiger partial charge in [-0.2, -0.15) is 0 Å². The SMILES string of the molecule is CC1CC(c2ccc(F)cc2)CN1C(=O)CCN. The number of rotatable bonds is 3. The van der Waals surface area contributed by atoms with E-state index in [1.807, 2.05) is 17.0 Å². The minimum Gasteiger partial charge on any atom is -0.339 e. The maximum Gasteiger partial charge on any atom is 0.224 e. The Morgan fingerprint density at radius 2 is 2.11 bits per heavy atom. The summed E-state index contributed by atoms with van der Waals surface area (Å²) in [5.41, 5.74) is 6.52. The Morgan fingerprint density at radius 3 is 2.72 bits per heavy atom. The fraction of sp³-hybridized carbons (Fsp3) is 0.500. The van der Waals surface area contributed by atoms with Gasteiger partial charge in [-0.1, -0.05) is 12.1 Å². The molecule has 1 aromatic carbocycles. The van der Waals surface area contributed by atoms with Gasteiger partial charge < -0.3 is 10.6 Å². The minimum absolute atomic E-state index is 0.120. The third kappa shape index (κ3) is 2.70. The van der Waals surface area contributed by atoms with E-state index in [1.54, 1.807) is 0 Å². The van der Waals surface area contributed by atoms with Gasteiger partial charge in [-0.25, -0.2) is 4.39 Å². The number of carbonyl (C=O) groups is 1. The van der Waals surface area contributed by atoms with Crippen LogP contribution in [-0.2, 0) is 4.79 Å². The maximum atomic E-state index is 12.9. The minimum atomic E-state index is -0.221. The molecule has 0 aromatic heterocycles. The lowest BCUT2D eigenvalue weighted by Gasteiger charge is -2.21. The number of benzene rings is 1. The summed E-state index contributed by atoms with van der Waals surface area (Å²) in [5, 5.41) is 0. The van der Waals surface area contributed by atoms with Crippen molar-refractivity contribution in [2.75, 3.05) is 13.1 Å².